The molecular formula is C27H24FN3O3S. The molecule has 3 aromatic carbocycles. The minimum atomic E-state index is -0.311. The van der Waals surface area contributed by atoms with E-state index in [4.69, 9.17) is 9.72 Å². The fraction of sp³-hybridized carbons (Fsp3) is 0.222. The van der Waals surface area contributed by atoms with Crippen LogP contribution in [0.3, 0.4) is 0 Å². The highest BCUT2D eigenvalue weighted by atomic mass is 32.2. The Morgan fingerprint density at radius 1 is 1.06 bits per heavy atom. The Kier molecular flexibility index (Phi) is 6.55. The van der Waals surface area contributed by atoms with Gasteiger partial charge < -0.3 is 9.64 Å². The molecule has 1 aromatic heterocycles. The molecule has 2 heterocycles. The van der Waals surface area contributed by atoms with Gasteiger partial charge in [0.15, 0.2) is 5.16 Å². The van der Waals surface area contributed by atoms with Crippen molar-refractivity contribution in [1.29, 1.82) is 0 Å². The third-order valence-corrected chi connectivity index (χ3v) is 7.09. The van der Waals surface area contributed by atoms with E-state index in [-0.39, 0.29) is 17.3 Å². The number of amides is 1. The number of nitrogens with zero attached hydrogens (tertiary/aromatic N) is 3. The molecule has 0 radical (unpaired) electrons. The van der Waals surface area contributed by atoms with Crippen LogP contribution < -0.4 is 10.3 Å². The topological polar surface area (TPSA) is 64.4 Å². The first-order valence-corrected chi connectivity index (χ1v) is 12.4. The summed E-state index contributed by atoms with van der Waals surface area (Å²) in [4.78, 5) is 33.2. The molecule has 0 saturated carbocycles. The molecule has 5 rings (SSSR count). The smallest absolute Gasteiger partial charge is 0.266 e. The molecule has 1 fully saturated rings. The van der Waals surface area contributed by atoms with Gasteiger partial charge in [0.2, 0.25) is 0 Å². The summed E-state index contributed by atoms with van der Waals surface area (Å²) in [5.74, 6) is 0.533. The zero-order valence-electron chi connectivity index (χ0n) is 19.2. The zero-order valence-corrected chi connectivity index (χ0v) is 20.1. The van der Waals surface area contributed by atoms with Crippen molar-refractivity contribution >= 4 is 28.6 Å². The summed E-state index contributed by atoms with van der Waals surface area (Å²) >= 11 is 1.27. The average Bonchev–Trinajstić information content (AvgIpc) is 3.43. The summed E-state index contributed by atoms with van der Waals surface area (Å²) in [6, 6.07) is 18.7. The molecule has 0 aliphatic carbocycles. The number of fused-ring (bicyclic) bond motifs is 1. The van der Waals surface area contributed by atoms with Crippen LogP contribution in [0.25, 0.3) is 16.6 Å². The number of halogens is 1. The van der Waals surface area contributed by atoms with Crippen LogP contribution in [0.4, 0.5) is 4.39 Å². The van der Waals surface area contributed by atoms with Crippen molar-refractivity contribution in [3.05, 3.63) is 94.0 Å². The SMILES string of the molecule is COc1cccc(-n2c(SCc3ccccc3F)nc3cc(C(=O)N4CCCC4)ccc3c2=O)c1. The van der Waals surface area contributed by atoms with E-state index in [1.165, 1.54) is 22.4 Å². The molecule has 0 unspecified atom stereocenters. The van der Waals surface area contributed by atoms with Gasteiger partial charge in [-0.2, -0.15) is 0 Å². The second-order valence-corrected chi connectivity index (χ2v) is 9.29. The molecule has 1 saturated heterocycles. The fourth-order valence-corrected chi connectivity index (χ4v) is 5.23. The maximum Gasteiger partial charge on any atom is 0.266 e. The van der Waals surface area contributed by atoms with E-state index in [1.807, 2.05) is 4.90 Å². The standard InChI is InChI=1S/C27H24FN3O3S/c1-34-21-9-6-8-20(16-21)31-26(33)22-12-11-18(25(32)30-13-4-5-14-30)15-24(22)29-27(31)35-17-19-7-2-3-10-23(19)28/h2-3,6-12,15-16H,4-5,13-14,17H2,1H3. The summed E-state index contributed by atoms with van der Waals surface area (Å²) < 4.78 is 21.1. The lowest BCUT2D eigenvalue weighted by molar-refractivity contribution is 0.0793. The van der Waals surface area contributed by atoms with Gasteiger partial charge in [0.25, 0.3) is 11.5 Å². The summed E-state index contributed by atoms with van der Waals surface area (Å²) in [6.07, 6.45) is 2.00. The van der Waals surface area contributed by atoms with Gasteiger partial charge in [-0.1, -0.05) is 36.0 Å². The van der Waals surface area contributed by atoms with Crippen molar-refractivity contribution in [1.82, 2.24) is 14.5 Å². The molecule has 6 nitrogen and oxygen atoms in total. The van der Waals surface area contributed by atoms with Gasteiger partial charge in [-0.3, -0.25) is 14.2 Å². The van der Waals surface area contributed by atoms with Gasteiger partial charge in [0.1, 0.15) is 11.6 Å². The lowest BCUT2D eigenvalue weighted by Crippen LogP contribution is -2.28. The van der Waals surface area contributed by atoms with Crippen LogP contribution in [0.15, 0.2) is 76.7 Å². The van der Waals surface area contributed by atoms with E-state index in [0.29, 0.717) is 44.4 Å². The zero-order chi connectivity index (χ0) is 24.4. The molecular weight excluding hydrogens is 465 g/mol. The molecule has 4 aromatic rings. The summed E-state index contributed by atoms with van der Waals surface area (Å²) in [6.45, 7) is 1.48. The molecule has 8 heteroatoms. The Balaban J connectivity index is 1.62. The molecule has 0 bridgehead atoms. The van der Waals surface area contributed by atoms with Crippen molar-refractivity contribution < 1.29 is 13.9 Å². The number of benzene rings is 3. The molecule has 0 spiro atoms. The summed E-state index contributed by atoms with van der Waals surface area (Å²) in [5.41, 5.74) is 1.80. The Morgan fingerprint density at radius 3 is 2.63 bits per heavy atom. The lowest BCUT2D eigenvalue weighted by atomic mass is 10.1. The number of aromatic nitrogens is 2. The van der Waals surface area contributed by atoms with Gasteiger partial charge in [-0.15, -0.1) is 0 Å². The molecule has 1 amide bonds. The number of carbonyl (C=O) groups is 1. The Bertz CT molecular complexity index is 1460. The van der Waals surface area contributed by atoms with Gasteiger partial charge in [-0.25, -0.2) is 9.37 Å². The highest BCUT2D eigenvalue weighted by Gasteiger charge is 2.21. The van der Waals surface area contributed by atoms with Crippen LogP contribution in [-0.4, -0.2) is 40.6 Å². The largest absolute Gasteiger partial charge is 0.497 e. The Hall–Kier alpha value is -3.65. The van der Waals surface area contributed by atoms with E-state index in [2.05, 4.69) is 0 Å². The van der Waals surface area contributed by atoms with Crippen molar-refractivity contribution in [2.24, 2.45) is 0 Å². The molecule has 178 valence electrons. The second kappa shape index (κ2) is 9.92. The minimum absolute atomic E-state index is 0.0521. The highest BCUT2D eigenvalue weighted by molar-refractivity contribution is 7.98. The van der Waals surface area contributed by atoms with Crippen LogP contribution in [0.1, 0.15) is 28.8 Å². The van der Waals surface area contributed by atoms with E-state index < -0.39 is 0 Å². The number of hydrogen-bond acceptors (Lipinski definition) is 5. The van der Waals surface area contributed by atoms with Crippen molar-refractivity contribution in [3.8, 4) is 11.4 Å². The number of thioether (sulfide) groups is 1. The number of methoxy groups -OCH3 is 1. The Labute approximate surface area is 206 Å². The number of ether oxygens (including phenoxy) is 1. The van der Waals surface area contributed by atoms with Crippen LogP contribution in [0.2, 0.25) is 0 Å². The van der Waals surface area contributed by atoms with E-state index >= 15 is 0 Å². The van der Waals surface area contributed by atoms with E-state index in [0.717, 1.165) is 25.9 Å². The molecule has 35 heavy (non-hydrogen) atoms. The number of carbonyl (C=O) groups excluding carboxylic acids is 1. The van der Waals surface area contributed by atoms with Crippen molar-refractivity contribution in [3.63, 3.8) is 0 Å². The second-order valence-electron chi connectivity index (χ2n) is 8.35. The predicted octanol–water partition coefficient (Wildman–Crippen LogP) is 5.06. The molecule has 1 aliphatic rings. The number of hydrogen-bond donors (Lipinski definition) is 0. The van der Waals surface area contributed by atoms with Gasteiger partial charge in [-0.05, 0) is 54.8 Å². The van der Waals surface area contributed by atoms with Crippen molar-refractivity contribution in [2.75, 3.05) is 20.2 Å². The van der Waals surface area contributed by atoms with Gasteiger partial charge in [0.05, 0.1) is 23.7 Å². The van der Waals surface area contributed by atoms with Crippen LogP contribution in [-0.2, 0) is 5.75 Å². The first-order valence-electron chi connectivity index (χ1n) is 11.4. The predicted molar refractivity (Wildman–Crippen MR) is 135 cm³/mol. The van der Waals surface area contributed by atoms with E-state index in [9.17, 15) is 14.0 Å². The fourth-order valence-electron chi connectivity index (χ4n) is 4.23. The maximum absolute atomic E-state index is 14.3. The highest BCUT2D eigenvalue weighted by Crippen LogP contribution is 2.27. The third-order valence-electron chi connectivity index (χ3n) is 6.10. The first-order chi connectivity index (χ1) is 17.0. The normalized spacial score (nSPS) is 13.4. The van der Waals surface area contributed by atoms with Crippen LogP contribution >= 0.6 is 11.8 Å². The van der Waals surface area contributed by atoms with Crippen LogP contribution in [0.5, 0.6) is 5.75 Å². The maximum atomic E-state index is 14.3. The van der Waals surface area contributed by atoms with Crippen LogP contribution in [0, 0.1) is 5.82 Å². The third kappa shape index (κ3) is 4.66. The van der Waals surface area contributed by atoms with Crippen molar-refractivity contribution in [2.45, 2.75) is 23.8 Å². The Morgan fingerprint density at radius 2 is 1.86 bits per heavy atom. The minimum Gasteiger partial charge on any atom is -0.497 e. The first kappa shape index (κ1) is 23.1. The van der Waals surface area contributed by atoms with Gasteiger partial charge in [0, 0.05) is 30.5 Å². The monoisotopic (exact) mass is 489 g/mol. The van der Waals surface area contributed by atoms with Gasteiger partial charge >= 0.3 is 0 Å². The molecule has 0 N–H and O–H groups in total. The number of likely N-dealkylation sites (tertiary alicyclic amines) is 1. The summed E-state index contributed by atoms with van der Waals surface area (Å²) in [7, 11) is 1.56. The molecule has 1 aliphatic heterocycles. The number of rotatable bonds is 6. The quantitative estimate of drug-likeness (QED) is 0.280. The molecule has 0 atom stereocenters. The average molecular weight is 490 g/mol. The lowest BCUT2D eigenvalue weighted by Gasteiger charge is -2.17. The summed E-state index contributed by atoms with van der Waals surface area (Å²) in [5, 5.41) is 0.811. The van der Waals surface area contributed by atoms with E-state index in [1.54, 1.807) is 67.8 Å².